The van der Waals surface area contributed by atoms with Gasteiger partial charge in [0, 0.05) is 28.4 Å². The average Bonchev–Trinajstić information content (AvgIpc) is 3.23. The van der Waals surface area contributed by atoms with E-state index in [1.54, 1.807) is 18.2 Å². The Labute approximate surface area is 213 Å². The summed E-state index contributed by atoms with van der Waals surface area (Å²) in [5, 5.41) is 9.92. The summed E-state index contributed by atoms with van der Waals surface area (Å²) in [4.78, 5) is 13.4. The maximum absolute atomic E-state index is 13.6. The van der Waals surface area contributed by atoms with Gasteiger partial charge in [-0.2, -0.15) is 0 Å². The lowest BCUT2D eigenvalue weighted by atomic mass is 10.1. The second-order valence-electron chi connectivity index (χ2n) is 7.79. The number of thioether (sulfide) groups is 1. The first-order chi connectivity index (χ1) is 15.6. The van der Waals surface area contributed by atoms with E-state index in [2.05, 4.69) is 0 Å². The summed E-state index contributed by atoms with van der Waals surface area (Å²) in [5.74, 6) is -0.0185. The predicted octanol–water partition coefficient (Wildman–Crippen LogP) is 5.86. The van der Waals surface area contributed by atoms with Crippen molar-refractivity contribution >= 4 is 68.2 Å². The molecule has 2 atom stereocenters. The molecule has 1 heterocycles. The quantitative estimate of drug-likeness (QED) is 0.373. The number of carboxylic acid groups (broad SMARTS) is 1. The number of sulfonamides is 1. The molecular weight excluding hydrogens is 527 g/mol. The Bertz CT molecular complexity index is 1080. The van der Waals surface area contributed by atoms with Crippen molar-refractivity contribution in [3.05, 3.63) is 57.5 Å². The van der Waals surface area contributed by atoms with E-state index in [0.717, 1.165) is 25.1 Å². The summed E-state index contributed by atoms with van der Waals surface area (Å²) in [6, 6.07) is 10.3. The van der Waals surface area contributed by atoms with E-state index < -0.39 is 27.4 Å². The van der Waals surface area contributed by atoms with Crippen molar-refractivity contribution in [3.8, 4) is 0 Å². The third-order valence-electron chi connectivity index (χ3n) is 5.43. The smallest absolute Gasteiger partial charge is 0.331 e. The number of aliphatic carboxylic acids is 1. The van der Waals surface area contributed by atoms with Crippen LogP contribution >= 0.6 is 46.6 Å². The Morgan fingerprint density at radius 2 is 1.82 bits per heavy atom. The van der Waals surface area contributed by atoms with Crippen LogP contribution in [0.4, 0.5) is 5.69 Å². The standard InChI is InChI=1S/C22H25Cl3N2O4S2/c1-15(4-2-3-11-26-12-13-32-21(26)22(28)29)27(20-14-17(24)7-10-19(20)25)33(30,31)18-8-5-16(23)6-9-18/h5-10,14-15,21H,2-4,11-13H2,1H3,(H,28,29). The molecule has 0 saturated carbocycles. The van der Waals surface area contributed by atoms with Crippen molar-refractivity contribution < 1.29 is 18.3 Å². The van der Waals surface area contributed by atoms with Gasteiger partial charge in [0.15, 0.2) is 5.37 Å². The van der Waals surface area contributed by atoms with Crippen LogP contribution in [0.3, 0.4) is 0 Å². The molecule has 1 aliphatic rings. The van der Waals surface area contributed by atoms with Crippen LogP contribution in [0, 0.1) is 0 Å². The summed E-state index contributed by atoms with van der Waals surface area (Å²) in [6.07, 6.45) is 2.04. The summed E-state index contributed by atoms with van der Waals surface area (Å²) in [7, 11) is -3.94. The normalized spacial score (nSPS) is 17.8. The van der Waals surface area contributed by atoms with Crippen molar-refractivity contribution in [2.24, 2.45) is 0 Å². The SMILES string of the molecule is CC(CCCCN1CCSC1C(=O)O)N(c1cc(Cl)ccc1Cl)S(=O)(=O)c1ccc(Cl)cc1. The second kappa shape index (κ2) is 11.5. The van der Waals surface area contributed by atoms with Gasteiger partial charge in [-0.1, -0.05) is 41.2 Å². The number of rotatable bonds is 10. The van der Waals surface area contributed by atoms with Gasteiger partial charge in [-0.25, -0.2) is 13.2 Å². The fourth-order valence-corrected chi connectivity index (χ4v) is 7.19. The Kier molecular flexibility index (Phi) is 9.23. The number of hydrogen-bond donors (Lipinski definition) is 1. The molecule has 1 fully saturated rings. The summed E-state index contributed by atoms with van der Waals surface area (Å²) >= 11 is 19.9. The topological polar surface area (TPSA) is 77.9 Å². The third kappa shape index (κ3) is 6.50. The Hall–Kier alpha value is -1.16. The Morgan fingerprint density at radius 1 is 1.15 bits per heavy atom. The van der Waals surface area contributed by atoms with Crippen LogP contribution in [-0.4, -0.2) is 54.7 Å². The van der Waals surface area contributed by atoms with E-state index in [4.69, 9.17) is 34.8 Å². The molecule has 0 aromatic heterocycles. The molecule has 33 heavy (non-hydrogen) atoms. The van der Waals surface area contributed by atoms with Crippen LogP contribution in [0.15, 0.2) is 47.4 Å². The van der Waals surface area contributed by atoms with Gasteiger partial charge in [0.25, 0.3) is 10.0 Å². The summed E-state index contributed by atoms with van der Waals surface area (Å²) in [5.41, 5.74) is 0.313. The summed E-state index contributed by atoms with van der Waals surface area (Å²) in [6.45, 7) is 3.22. The van der Waals surface area contributed by atoms with Gasteiger partial charge in [-0.05, 0) is 68.8 Å². The minimum Gasteiger partial charge on any atom is -0.479 e. The molecule has 180 valence electrons. The highest BCUT2D eigenvalue weighted by molar-refractivity contribution is 8.00. The molecule has 3 rings (SSSR count). The number of halogens is 3. The lowest BCUT2D eigenvalue weighted by molar-refractivity contribution is -0.139. The number of anilines is 1. The molecule has 1 N–H and O–H groups in total. The highest BCUT2D eigenvalue weighted by atomic mass is 35.5. The van der Waals surface area contributed by atoms with Gasteiger partial charge in [0.05, 0.1) is 15.6 Å². The van der Waals surface area contributed by atoms with Gasteiger partial charge < -0.3 is 5.11 Å². The number of unbranched alkanes of at least 4 members (excludes halogenated alkanes) is 1. The van der Waals surface area contributed by atoms with Gasteiger partial charge in [-0.15, -0.1) is 11.8 Å². The maximum atomic E-state index is 13.6. The van der Waals surface area contributed by atoms with E-state index in [-0.39, 0.29) is 9.92 Å². The lowest BCUT2D eigenvalue weighted by Gasteiger charge is -2.31. The molecule has 0 bridgehead atoms. The fraction of sp³-hybridized carbons (Fsp3) is 0.409. The molecule has 0 aliphatic carbocycles. The minimum atomic E-state index is -3.94. The Morgan fingerprint density at radius 3 is 2.48 bits per heavy atom. The van der Waals surface area contributed by atoms with Crippen LogP contribution < -0.4 is 4.31 Å². The molecular formula is C22H25Cl3N2O4S2. The van der Waals surface area contributed by atoms with Crippen LogP contribution in [0.25, 0.3) is 0 Å². The summed E-state index contributed by atoms with van der Waals surface area (Å²) < 4.78 is 28.5. The van der Waals surface area contributed by atoms with E-state index in [0.29, 0.717) is 28.7 Å². The van der Waals surface area contributed by atoms with Gasteiger partial charge >= 0.3 is 5.97 Å². The molecule has 0 amide bonds. The van der Waals surface area contributed by atoms with E-state index in [1.807, 2.05) is 11.8 Å². The minimum absolute atomic E-state index is 0.105. The van der Waals surface area contributed by atoms with Crippen LogP contribution in [0.1, 0.15) is 26.2 Å². The largest absolute Gasteiger partial charge is 0.479 e. The number of carbonyl (C=O) groups is 1. The fourth-order valence-electron chi connectivity index (χ4n) is 3.81. The van der Waals surface area contributed by atoms with Gasteiger partial charge in [-0.3, -0.25) is 9.21 Å². The Balaban J connectivity index is 1.78. The van der Waals surface area contributed by atoms with E-state index in [9.17, 15) is 18.3 Å². The number of carboxylic acids is 1. The zero-order chi connectivity index (χ0) is 24.2. The first-order valence-corrected chi connectivity index (χ1v) is 14.1. The first-order valence-electron chi connectivity index (χ1n) is 10.4. The van der Waals surface area contributed by atoms with Crippen LogP contribution in [0.5, 0.6) is 0 Å². The zero-order valence-electron chi connectivity index (χ0n) is 18.0. The average molecular weight is 552 g/mol. The second-order valence-corrected chi connectivity index (χ2v) is 12.1. The first kappa shape index (κ1) is 26.4. The maximum Gasteiger partial charge on any atom is 0.331 e. The highest BCUT2D eigenvalue weighted by Crippen LogP contribution is 2.36. The van der Waals surface area contributed by atoms with Gasteiger partial charge in [0.2, 0.25) is 0 Å². The number of nitrogens with zero attached hydrogens (tertiary/aromatic N) is 2. The molecule has 2 aromatic rings. The van der Waals surface area contributed by atoms with E-state index >= 15 is 0 Å². The zero-order valence-corrected chi connectivity index (χ0v) is 21.9. The molecule has 1 aliphatic heterocycles. The lowest BCUT2D eigenvalue weighted by Crippen LogP contribution is -2.39. The molecule has 6 nitrogen and oxygen atoms in total. The molecule has 2 unspecified atom stereocenters. The van der Waals surface area contributed by atoms with Crippen molar-refractivity contribution in [2.75, 3.05) is 23.1 Å². The van der Waals surface area contributed by atoms with Crippen molar-refractivity contribution in [2.45, 2.75) is 42.5 Å². The van der Waals surface area contributed by atoms with Gasteiger partial charge in [0.1, 0.15) is 0 Å². The monoisotopic (exact) mass is 550 g/mol. The third-order valence-corrected chi connectivity index (χ3v) is 9.41. The number of hydrogen-bond acceptors (Lipinski definition) is 5. The highest BCUT2D eigenvalue weighted by Gasteiger charge is 2.32. The number of benzene rings is 2. The molecule has 11 heteroatoms. The predicted molar refractivity (Wildman–Crippen MR) is 136 cm³/mol. The molecule has 0 spiro atoms. The molecule has 1 saturated heterocycles. The van der Waals surface area contributed by atoms with E-state index in [1.165, 1.54) is 40.3 Å². The molecule has 0 radical (unpaired) electrons. The van der Waals surface area contributed by atoms with Crippen molar-refractivity contribution in [3.63, 3.8) is 0 Å². The molecule has 2 aromatic carbocycles. The van der Waals surface area contributed by atoms with Crippen LogP contribution in [0.2, 0.25) is 15.1 Å². The van der Waals surface area contributed by atoms with Crippen molar-refractivity contribution in [1.82, 2.24) is 4.90 Å². The van der Waals surface area contributed by atoms with Crippen molar-refractivity contribution in [1.29, 1.82) is 0 Å². The van der Waals surface area contributed by atoms with Crippen LogP contribution in [-0.2, 0) is 14.8 Å².